The Kier molecular flexibility index (Phi) is 5.09. The van der Waals surface area contributed by atoms with E-state index in [0.717, 1.165) is 61.7 Å². The molecule has 174 valence electrons. The lowest BCUT2D eigenvalue weighted by Crippen LogP contribution is -2.62. The minimum absolute atomic E-state index is 0.103. The number of halogens is 3. The van der Waals surface area contributed by atoms with Crippen molar-refractivity contribution < 1.29 is 18.0 Å². The maximum absolute atomic E-state index is 13.1. The van der Waals surface area contributed by atoms with Crippen LogP contribution in [0.5, 0.6) is 0 Å². The van der Waals surface area contributed by atoms with Crippen LogP contribution in [0.25, 0.3) is 0 Å². The molecule has 0 radical (unpaired) electrons. The Morgan fingerprint density at radius 3 is 2.34 bits per heavy atom. The molecule has 6 fully saturated rings. The van der Waals surface area contributed by atoms with Crippen LogP contribution in [0.3, 0.4) is 0 Å². The van der Waals surface area contributed by atoms with Gasteiger partial charge in [-0.15, -0.1) is 0 Å². The molecule has 2 aliphatic heterocycles. The monoisotopic (exact) mass is 446 g/mol. The number of likely N-dealkylation sites (tertiary alicyclic amines) is 2. The number of alkyl halides is 3. The molecule has 1 aromatic carbocycles. The lowest BCUT2D eigenvalue weighted by molar-refractivity contribution is -0.145. The molecule has 4 saturated carbocycles. The number of carbonyl (C=O) groups excluding carboxylic acids is 1. The smallest absolute Gasteiger partial charge is 0.335 e. The summed E-state index contributed by atoms with van der Waals surface area (Å²) >= 11 is 0. The molecule has 6 heteroatoms. The molecule has 2 heterocycles. The zero-order chi connectivity index (χ0) is 22.0. The summed E-state index contributed by atoms with van der Waals surface area (Å²) < 4.78 is 39.4. The van der Waals surface area contributed by atoms with E-state index in [2.05, 4.69) is 4.90 Å². The molecule has 0 unspecified atom stereocenters. The van der Waals surface area contributed by atoms with Crippen LogP contribution in [0.2, 0.25) is 0 Å². The normalized spacial score (nSPS) is 39.4. The van der Waals surface area contributed by atoms with E-state index < -0.39 is 11.7 Å². The van der Waals surface area contributed by atoms with Gasteiger partial charge >= 0.3 is 6.18 Å². The van der Waals surface area contributed by atoms with E-state index in [1.165, 1.54) is 44.2 Å². The van der Waals surface area contributed by atoms with E-state index in [9.17, 15) is 18.0 Å². The number of amides is 1. The Hall–Kier alpha value is -1.56. The molecule has 32 heavy (non-hydrogen) atoms. The third-order valence-electron chi connectivity index (χ3n) is 9.38. The molecule has 6 aliphatic rings. The molecule has 7 rings (SSSR count). The van der Waals surface area contributed by atoms with Crippen LogP contribution in [0.4, 0.5) is 13.2 Å². The molecule has 4 bridgehead atoms. The van der Waals surface area contributed by atoms with Crippen molar-refractivity contribution in [1.29, 1.82) is 0 Å². The van der Waals surface area contributed by atoms with E-state index in [1.54, 1.807) is 6.07 Å². The van der Waals surface area contributed by atoms with E-state index in [1.807, 2.05) is 4.90 Å². The molecule has 0 spiro atoms. The Bertz CT molecular complexity index is 856. The quantitative estimate of drug-likeness (QED) is 0.626. The summed E-state index contributed by atoms with van der Waals surface area (Å²) in [5.74, 6) is 4.24. The average molecular weight is 447 g/mol. The van der Waals surface area contributed by atoms with Gasteiger partial charge < -0.3 is 4.90 Å². The molecule has 2 atom stereocenters. The number of hydrogen-bond acceptors (Lipinski definition) is 2. The topological polar surface area (TPSA) is 23.6 Å². The summed E-state index contributed by atoms with van der Waals surface area (Å²) in [5.41, 5.74) is -0.0509. The van der Waals surface area contributed by atoms with E-state index in [-0.39, 0.29) is 11.9 Å². The number of fused-ring (bicyclic) bond motifs is 1. The molecular formula is C26H33F3N2O. The molecular weight excluding hydrogens is 413 g/mol. The van der Waals surface area contributed by atoms with Crippen LogP contribution < -0.4 is 0 Å². The van der Waals surface area contributed by atoms with Gasteiger partial charge in [-0.05, 0) is 92.2 Å². The van der Waals surface area contributed by atoms with Gasteiger partial charge in [-0.2, -0.15) is 13.2 Å². The van der Waals surface area contributed by atoms with Crippen LogP contribution in [0, 0.1) is 29.6 Å². The second kappa shape index (κ2) is 7.75. The summed E-state index contributed by atoms with van der Waals surface area (Å²) in [6.07, 6.45) is 5.20. The molecule has 2 saturated heterocycles. The highest BCUT2D eigenvalue weighted by atomic mass is 19.4. The SMILES string of the molecule is O=C1CC[C@@H]2CN(C3C4CC5CC(C4)CC3C5)CC[C@@H]2N1Cc1cccc(C(F)(F)F)c1. The zero-order valence-corrected chi connectivity index (χ0v) is 18.6. The van der Waals surface area contributed by atoms with Gasteiger partial charge in [0, 0.05) is 38.1 Å². The minimum atomic E-state index is -4.35. The Balaban J connectivity index is 1.16. The number of nitrogens with zero attached hydrogens (tertiary/aromatic N) is 2. The third-order valence-corrected chi connectivity index (χ3v) is 9.38. The lowest BCUT2D eigenvalue weighted by Gasteiger charge is -2.59. The molecule has 3 nitrogen and oxygen atoms in total. The largest absolute Gasteiger partial charge is 0.416 e. The van der Waals surface area contributed by atoms with Crippen molar-refractivity contribution in [3.63, 3.8) is 0 Å². The summed E-state index contributed by atoms with van der Waals surface area (Å²) in [6, 6.07) is 6.39. The average Bonchev–Trinajstić information content (AvgIpc) is 2.75. The van der Waals surface area contributed by atoms with E-state index >= 15 is 0 Å². The standard InChI is InChI=1S/C26H33F3N2O/c27-26(28,29)22-3-1-2-16(13-22)14-31-23-6-7-30(15-19(23)4-5-24(31)32)25-20-9-17-8-18(11-20)12-21(25)10-17/h1-3,13,17-21,23,25H,4-12,14-15H2/t17?,18?,19-,20?,21?,23+,25?/m1/s1. The minimum Gasteiger partial charge on any atom is -0.335 e. The van der Waals surface area contributed by atoms with Crippen molar-refractivity contribution in [2.45, 2.75) is 76.2 Å². The van der Waals surface area contributed by atoms with Crippen LogP contribution in [0.15, 0.2) is 24.3 Å². The molecule has 0 aromatic heterocycles. The first-order chi connectivity index (χ1) is 15.3. The fraction of sp³-hybridized carbons (Fsp3) is 0.731. The molecule has 1 aromatic rings. The number of benzene rings is 1. The first-order valence-corrected chi connectivity index (χ1v) is 12.5. The molecule has 4 aliphatic carbocycles. The summed E-state index contributed by atoms with van der Waals surface area (Å²) in [5, 5.41) is 0. The van der Waals surface area contributed by atoms with Crippen LogP contribution in [-0.4, -0.2) is 40.9 Å². The maximum Gasteiger partial charge on any atom is 0.416 e. The summed E-state index contributed by atoms with van der Waals surface area (Å²) in [4.78, 5) is 17.5. The van der Waals surface area contributed by atoms with Gasteiger partial charge in [0.1, 0.15) is 0 Å². The van der Waals surface area contributed by atoms with Crippen LogP contribution >= 0.6 is 0 Å². The summed E-state index contributed by atoms with van der Waals surface area (Å²) in [7, 11) is 0. The Labute approximate surface area is 188 Å². The fourth-order valence-corrected chi connectivity index (χ4v) is 8.39. The van der Waals surface area contributed by atoms with Gasteiger partial charge in [-0.1, -0.05) is 12.1 Å². The molecule has 0 N–H and O–H groups in total. The summed E-state index contributed by atoms with van der Waals surface area (Å²) in [6.45, 7) is 2.38. The number of hydrogen-bond donors (Lipinski definition) is 0. The fourth-order valence-electron chi connectivity index (χ4n) is 8.39. The number of rotatable bonds is 3. The second-order valence-electron chi connectivity index (χ2n) is 11.3. The molecule has 1 amide bonds. The van der Waals surface area contributed by atoms with Crippen molar-refractivity contribution in [1.82, 2.24) is 9.80 Å². The van der Waals surface area contributed by atoms with Gasteiger partial charge in [0.25, 0.3) is 0 Å². The highest BCUT2D eigenvalue weighted by molar-refractivity contribution is 5.77. The second-order valence-corrected chi connectivity index (χ2v) is 11.3. The third kappa shape index (κ3) is 3.66. The van der Waals surface area contributed by atoms with Crippen LogP contribution in [0.1, 0.15) is 62.5 Å². The van der Waals surface area contributed by atoms with Gasteiger partial charge in [0.05, 0.1) is 5.56 Å². The van der Waals surface area contributed by atoms with E-state index in [0.29, 0.717) is 24.4 Å². The van der Waals surface area contributed by atoms with Crippen molar-refractivity contribution >= 4 is 5.91 Å². The predicted octanol–water partition coefficient (Wildman–Crippen LogP) is 5.34. The van der Waals surface area contributed by atoms with Crippen molar-refractivity contribution in [2.24, 2.45) is 29.6 Å². The Morgan fingerprint density at radius 2 is 1.66 bits per heavy atom. The van der Waals surface area contributed by atoms with Gasteiger partial charge in [-0.25, -0.2) is 0 Å². The van der Waals surface area contributed by atoms with Crippen molar-refractivity contribution in [3.8, 4) is 0 Å². The van der Waals surface area contributed by atoms with Gasteiger partial charge in [0.15, 0.2) is 0 Å². The first-order valence-electron chi connectivity index (χ1n) is 12.5. The predicted molar refractivity (Wildman–Crippen MR) is 116 cm³/mol. The van der Waals surface area contributed by atoms with Gasteiger partial charge in [-0.3, -0.25) is 9.69 Å². The van der Waals surface area contributed by atoms with Crippen molar-refractivity contribution in [3.05, 3.63) is 35.4 Å². The highest BCUT2D eigenvalue weighted by Gasteiger charge is 2.51. The van der Waals surface area contributed by atoms with Crippen molar-refractivity contribution in [2.75, 3.05) is 13.1 Å². The van der Waals surface area contributed by atoms with Crippen LogP contribution in [-0.2, 0) is 17.5 Å². The van der Waals surface area contributed by atoms with E-state index in [4.69, 9.17) is 0 Å². The van der Waals surface area contributed by atoms with Gasteiger partial charge in [0.2, 0.25) is 5.91 Å². The maximum atomic E-state index is 13.1. The zero-order valence-electron chi connectivity index (χ0n) is 18.6. The number of carbonyl (C=O) groups is 1. The number of piperidine rings is 2. The lowest BCUT2D eigenvalue weighted by atomic mass is 9.53. The Morgan fingerprint density at radius 1 is 0.938 bits per heavy atom. The highest BCUT2D eigenvalue weighted by Crippen LogP contribution is 2.55. The first kappa shape index (κ1) is 21.0.